The minimum atomic E-state index is -0.523. The van der Waals surface area contributed by atoms with Crippen molar-refractivity contribution in [2.75, 3.05) is 18.1 Å². The molecular weight excluding hydrogens is 360 g/mol. The molecule has 1 atom stereocenters. The summed E-state index contributed by atoms with van der Waals surface area (Å²) < 4.78 is 5.29. The quantitative estimate of drug-likeness (QED) is 0.690. The predicted octanol–water partition coefficient (Wildman–Crippen LogP) is 4.24. The van der Waals surface area contributed by atoms with Crippen LogP contribution in [0.3, 0.4) is 0 Å². The second-order valence-corrected chi connectivity index (χ2v) is 8.06. The molecule has 0 radical (unpaired) electrons. The van der Waals surface area contributed by atoms with Gasteiger partial charge in [-0.3, -0.25) is 4.79 Å². The monoisotopic (exact) mass is 380 g/mol. The highest BCUT2D eigenvalue weighted by Crippen LogP contribution is 2.37. The van der Waals surface area contributed by atoms with Crippen LogP contribution >= 0.6 is 11.8 Å². The molecule has 0 unspecified atom stereocenters. The van der Waals surface area contributed by atoms with Crippen molar-refractivity contribution >= 4 is 40.2 Å². The zero-order chi connectivity index (χ0) is 18.8. The van der Waals surface area contributed by atoms with Crippen LogP contribution in [0.5, 0.6) is 0 Å². The van der Waals surface area contributed by atoms with Crippen LogP contribution in [0.4, 0.5) is 5.69 Å². The topological polar surface area (TPSA) is 62.4 Å². The summed E-state index contributed by atoms with van der Waals surface area (Å²) in [7, 11) is 0. The van der Waals surface area contributed by atoms with Gasteiger partial charge in [0.1, 0.15) is 5.69 Å². The van der Waals surface area contributed by atoms with Crippen molar-refractivity contribution in [3.05, 3.63) is 60.3 Å². The molecule has 4 rings (SSSR count). The maximum absolute atomic E-state index is 12.8. The molecule has 2 aromatic carbocycles. The van der Waals surface area contributed by atoms with Gasteiger partial charge in [-0.15, -0.1) is 11.8 Å². The lowest BCUT2D eigenvalue weighted by Crippen LogP contribution is -2.35. The number of thioether (sulfide) groups is 1. The molecule has 0 saturated heterocycles. The highest BCUT2D eigenvalue weighted by atomic mass is 32.2. The molecule has 0 bridgehead atoms. The number of rotatable bonds is 3. The van der Waals surface area contributed by atoms with Crippen molar-refractivity contribution in [3.63, 3.8) is 0 Å². The first-order valence-electron chi connectivity index (χ1n) is 8.93. The number of aromatic nitrogens is 1. The van der Waals surface area contributed by atoms with Gasteiger partial charge in [-0.25, -0.2) is 4.79 Å². The van der Waals surface area contributed by atoms with Gasteiger partial charge in [0, 0.05) is 27.6 Å². The summed E-state index contributed by atoms with van der Waals surface area (Å²) in [6.07, 6.45) is 0.890. The Morgan fingerprint density at radius 3 is 2.81 bits per heavy atom. The van der Waals surface area contributed by atoms with Crippen LogP contribution in [0.2, 0.25) is 0 Å². The minimum Gasteiger partial charge on any atom is -0.451 e. The van der Waals surface area contributed by atoms with Crippen molar-refractivity contribution in [1.82, 2.24) is 4.98 Å². The highest BCUT2D eigenvalue weighted by molar-refractivity contribution is 8.00. The van der Waals surface area contributed by atoms with Gasteiger partial charge in [0.25, 0.3) is 5.91 Å². The van der Waals surface area contributed by atoms with E-state index in [1.54, 1.807) is 22.7 Å². The molecule has 0 aliphatic carbocycles. The number of carbonyl (C=O) groups is 2. The van der Waals surface area contributed by atoms with E-state index < -0.39 is 5.97 Å². The summed E-state index contributed by atoms with van der Waals surface area (Å²) in [6, 6.07) is 17.2. The van der Waals surface area contributed by atoms with Crippen molar-refractivity contribution in [2.24, 2.45) is 0 Å². The van der Waals surface area contributed by atoms with Crippen LogP contribution in [-0.4, -0.2) is 35.3 Å². The standard InChI is InChI=1S/C21H20N2O3S/c1-14-10-11-23(18-8-4-5-9-19(18)27-14)20(24)13-26-21(25)17-12-15-6-2-3-7-16(15)22-17/h2-9,12,14,22H,10-11,13H2,1H3/t14-/m0/s1. The fourth-order valence-electron chi connectivity index (χ4n) is 3.21. The Morgan fingerprint density at radius 2 is 1.96 bits per heavy atom. The number of aromatic amines is 1. The Kier molecular flexibility index (Phi) is 4.90. The van der Waals surface area contributed by atoms with Crippen LogP contribution < -0.4 is 4.90 Å². The van der Waals surface area contributed by atoms with Crippen molar-refractivity contribution in [2.45, 2.75) is 23.5 Å². The molecule has 1 aliphatic heterocycles. The number of hydrogen-bond acceptors (Lipinski definition) is 4. The number of benzene rings is 2. The summed E-state index contributed by atoms with van der Waals surface area (Å²) in [5, 5.41) is 1.36. The van der Waals surface area contributed by atoms with Crippen LogP contribution in [-0.2, 0) is 9.53 Å². The van der Waals surface area contributed by atoms with Crippen LogP contribution in [0.1, 0.15) is 23.8 Å². The number of amides is 1. The highest BCUT2D eigenvalue weighted by Gasteiger charge is 2.25. The van der Waals surface area contributed by atoms with Crippen LogP contribution in [0.25, 0.3) is 10.9 Å². The molecule has 2 heterocycles. The molecule has 1 aromatic heterocycles. The Balaban J connectivity index is 1.46. The van der Waals surface area contributed by atoms with E-state index in [0.29, 0.717) is 17.5 Å². The zero-order valence-corrected chi connectivity index (χ0v) is 15.8. The lowest BCUT2D eigenvalue weighted by molar-refractivity contribution is -0.121. The molecule has 1 N–H and O–H groups in total. The fraction of sp³-hybridized carbons (Fsp3) is 0.238. The molecule has 0 fully saturated rings. The SMILES string of the molecule is C[C@H]1CCN(C(=O)COC(=O)c2cc3ccccc3[nH]2)c2ccccc2S1. The summed E-state index contributed by atoms with van der Waals surface area (Å²) in [5.74, 6) is -0.730. The molecule has 6 heteroatoms. The van der Waals surface area contributed by atoms with Gasteiger partial charge in [0.15, 0.2) is 6.61 Å². The number of fused-ring (bicyclic) bond motifs is 2. The lowest BCUT2D eigenvalue weighted by atomic mass is 10.2. The number of esters is 1. The number of hydrogen-bond donors (Lipinski definition) is 1. The number of carbonyl (C=O) groups excluding carboxylic acids is 2. The molecular formula is C21H20N2O3S. The molecule has 138 valence electrons. The van der Waals surface area contributed by atoms with Gasteiger partial charge < -0.3 is 14.6 Å². The molecule has 0 spiro atoms. The van der Waals surface area contributed by atoms with Gasteiger partial charge in [-0.05, 0) is 30.7 Å². The van der Waals surface area contributed by atoms with Crippen LogP contribution in [0.15, 0.2) is 59.5 Å². The molecule has 3 aromatic rings. The number of anilines is 1. The minimum absolute atomic E-state index is 0.207. The van der Waals surface area contributed by atoms with E-state index in [1.165, 1.54) is 0 Å². The van der Waals surface area contributed by atoms with Crippen LogP contribution in [0, 0.1) is 0 Å². The van der Waals surface area contributed by atoms with E-state index in [0.717, 1.165) is 27.9 Å². The third-order valence-corrected chi connectivity index (χ3v) is 5.86. The lowest BCUT2D eigenvalue weighted by Gasteiger charge is -2.22. The van der Waals surface area contributed by atoms with Gasteiger partial charge in [0.2, 0.25) is 0 Å². The van der Waals surface area contributed by atoms with Gasteiger partial charge in [-0.2, -0.15) is 0 Å². The maximum Gasteiger partial charge on any atom is 0.355 e. The average Bonchev–Trinajstić information content (AvgIpc) is 3.04. The first-order chi connectivity index (χ1) is 13.1. The molecule has 1 aliphatic rings. The Labute approximate surface area is 161 Å². The van der Waals surface area contributed by atoms with Crippen molar-refractivity contribution in [3.8, 4) is 0 Å². The van der Waals surface area contributed by atoms with E-state index in [2.05, 4.69) is 11.9 Å². The Hall–Kier alpha value is -2.73. The second-order valence-electron chi connectivity index (χ2n) is 6.58. The van der Waals surface area contributed by atoms with E-state index in [-0.39, 0.29) is 12.5 Å². The summed E-state index contributed by atoms with van der Waals surface area (Å²) in [4.78, 5) is 30.9. The Morgan fingerprint density at radius 1 is 1.19 bits per heavy atom. The maximum atomic E-state index is 12.8. The largest absolute Gasteiger partial charge is 0.451 e. The third kappa shape index (κ3) is 3.71. The van der Waals surface area contributed by atoms with E-state index in [1.807, 2.05) is 48.5 Å². The smallest absolute Gasteiger partial charge is 0.355 e. The summed E-state index contributed by atoms with van der Waals surface area (Å²) in [5.41, 5.74) is 2.10. The fourth-order valence-corrected chi connectivity index (χ4v) is 4.33. The number of para-hydroxylation sites is 2. The van der Waals surface area contributed by atoms with E-state index in [4.69, 9.17) is 4.74 Å². The van der Waals surface area contributed by atoms with Gasteiger partial charge in [-0.1, -0.05) is 37.3 Å². The van der Waals surface area contributed by atoms with Gasteiger partial charge >= 0.3 is 5.97 Å². The normalized spacial score (nSPS) is 16.6. The summed E-state index contributed by atoms with van der Waals surface area (Å²) >= 11 is 1.77. The number of ether oxygens (including phenoxy) is 1. The number of nitrogens with one attached hydrogen (secondary N) is 1. The number of nitrogens with zero attached hydrogens (tertiary/aromatic N) is 1. The molecule has 0 saturated carbocycles. The number of H-pyrrole nitrogens is 1. The molecule has 5 nitrogen and oxygen atoms in total. The van der Waals surface area contributed by atoms with Gasteiger partial charge in [0.05, 0.1) is 5.69 Å². The first kappa shape index (κ1) is 17.7. The third-order valence-electron chi connectivity index (χ3n) is 4.62. The van der Waals surface area contributed by atoms with Crippen molar-refractivity contribution < 1.29 is 14.3 Å². The zero-order valence-electron chi connectivity index (χ0n) is 15.0. The molecule has 27 heavy (non-hydrogen) atoms. The average molecular weight is 380 g/mol. The molecule has 1 amide bonds. The first-order valence-corrected chi connectivity index (χ1v) is 9.81. The predicted molar refractivity (Wildman–Crippen MR) is 107 cm³/mol. The van der Waals surface area contributed by atoms with E-state index in [9.17, 15) is 9.59 Å². The summed E-state index contributed by atoms with van der Waals surface area (Å²) in [6.45, 7) is 2.50. The Bertz CT molecular complexity index is 965. The second kappa shape index (κ2) is 7.48. The van der Waals surface area contributed by atoms with E-state index >= 15 is 0 Å². The van der Waals surface area contributed by atoms with Crippen molar-refractivity contribution in [1.29, 1.82) is 0 Å².